The first-order valence-corrected chi connectivity index (χ1v) is 7.68. The van der Waals surface area contributed by atoms with Crippen LogP contribution in [0.4, 0.5) is 10.5 Å². The van der Waals surface area contributed by atoms with Gasteiger partial charge in [-0.05, 0) is 45.9 Å². The Hall–Kier alpha value is -2.09. The van der Waals surface area contributed by atoms with Gasteiger partial charge >= 0.3 is 12.0 Å². The van der Waals surface area contributed by atoms with Gasteiger partial charge in [0.2, 0.25) is 0 Å². The summed E-state index contributed by atoms with van der Waals surface area (Å²) in [6.45, 7) is 6.69. The Bertz CT molecular complexity index is 626. The molecule has 1 atom stereocenters. The maximum Gasteiger partial charge on any atom is 0.341 e. The van der Waals surface area contributed by atoms with Crippen molar-refractivity contribution < 1.29 is 19.1 Å². The van der Waals surface area contributed by atoms with Gasteiger partial charge in [-0.1, -0.05) is 15.9 Å². The van der Waals surface area contributed by atoms with Crippen LogP contribution in [0.15, 0.2) is 22.7 Å². The van der Waals surface area contributed by atoms with Gasteiger partial charge in [0.05, 0.1) is 5.56 Å². The highest BCUT2D eigenvalue weighted by Crippen LogP contribution is 2.19. The molecule has 8 heteroatoms. The van der Waals surface area contributed by atoms with E-state index in [4.69, 9.17) is 10.5 Å². The summed E-state index contributed by atoms with van der Waals surface area (Å²) in [6.07, 6.45) is -1.15. The van der Waals surface area contributed by atoms with Gasteiger partial charge in [0, 0.05) is 15.7 Å². The van der Waals surface area contributed by atoms with E-state index in [1.165, 1.54) is 13.0 Å². The number of hydrogen-bond acceptors (Lipinski definition) is 5. The molecule has 0 bridgehead atoms. The van der Waals surface area contributed by atoms with Crippen molar-refractivity contribution in [3.63, 3.8) is 0 Å². The van der Waals surface area contributed by atoms with E-state index in [0.717, 1.165) is 0 Å². The molecular weight excluding hydrogens is 366 g/mol. The number of esters is 1. The highest BCUT2D eigenvalue weighted by Gasteiger charge is 2.23. The normalized spacial score (nSPS) is 12.2. The highest BCUT2D eigenvalue weighted by molar-refractivity contribution is 9.10. The van der Waals surface area contributed by atoms with Crippen molar-refractivity contribution in [2.75, 3.05) is 5.73 Å². The molecule has 0 aliphatic heterocycles. The summed E-state index contributed by atoms with van der Waals surface area (Å²) in [6, 6.07) is 4.06. The van der Waals surface area contributed by atoms with E-state index >= 15 is 0 Å². The number of carbonyl (C=O) groups excluding carboxylic acids is 3. The molecule has 1 aromatic carbocycles. The van der Waals surface area contributed by atoms with Crippen molar-refractivity contribution in [2.24, 2.45) is 0 Å². The molecule has 3 amide bonds. The van der Waals surface area contributed by atoms with Crippen molar-refractivity contribution >= 4 is 39.5 Å². The van der Waals surface area contributed by atoms with Crippen LogP contribution in [0.25, 0.3) is 0 Å². The summed E-state index contributed by atoms with van der Waals surface area (Å²) in [4.78, 5) is 35.5. The van der Waals surface area contributed by atoms with E-state index in [0.29, 0.717) is 4.47 Å². The highest BCUT2D eigenvalue weighted by atomic mass is 79.9. The van der Waals surface area contributed by atoms with Gasteiger partial charge in [0.1, 0.15) is 0 Å². The van der Waals surface area contributed by atoms with Gasteiger partial charge in [-0.2, -0.15) is 0 Å². The summed E-state index contributed by atoms with van der Waals surface area (Å²) in [5.74, 6) is -1.48. The Morgan fingerprint density at radius 3 is 2.43 bits per heavy atom. The van der Waals surface area contributed by atoms with Crippen molar-refractivity contribution in [3.8, 4) is 0 Å². The number of nitrogens with one attached hydrogen (secondary N) is 2. The molecule has 0 saturated heterocycles. The van der Waals surface area contributed by atoms with E-state index in [2.05, 4.69) is 26.6 Å². The third-order valence-electron chi connectivity index (χ3n) is 2.61. The Kier molecular flexibility index (Phi) is 6.14. The van der Waals surface area contributed by atoms with Crippen molar-refractivity contribution in [1.82, 2.24) is 10.6 Å². The number of hydrogen-bond donors (Lipinski definition) is 3. The van der Waals surface area contributed by atoms with E-state index in [-0.39, 0.29) is 11.3 Å². The standard InChI is InChI=1S/C15H20BrN3O4/c1-8(12(20)18-14(22)19-15(2,3)4)23-13(21)10-7-9(16)5-6-11(10)17/h5-8H,17H2,1-4H3,(H2,18,19,20,22)/t8-/m1/s1. The van der Waals surface area contributed by atoms with Crippen LogP contribution >= 0.6 is 15.9 Å². The van der Waals surface area contributed by atoms with Crippen LogP contribution in [-0.4, -0.2) is 29.6 Å². The fourth-order valence-electron chi connectivity index (χ4n) is 1.57. The predicted octanol–water partition coefficient (Wildman–Crippen LogP) is 2.20. The quantitative estimate of drug-likeness (QED) is 0.545. The van der Waals surface area contributed by atoms with Crippen LogP contribution in [0, 0.1) is 0 Å². The van der Waals surface area contributed by atoms with Gasteiger partial charge < -0.3 is 15.8 Å². The molecule has 0 fully saturated rings. The Morgan fingerprint density at radius 1 is 1.26 bits per heavy atom. The van der Waals surface area contributed by atoms with Crippen LogP contribution < -0.4 is 16.4 Å². The zero-order valence-corrected chi connectivity index (χ0v) is 15.0. The average Bonchev–Trinajstić information content (AvgIpc) is 2.38. The molecule has 0 saturated carbocycles. The fraction of sp³-hybridized carbons (Fsp3) is 0.400. The van der Waals surface area contributed by atoms with Crippen LogP contribution in [0.2, 0.25) is 0 Å². The zero-order valence-electron chi connectivity index (χ0n) is 13.4. The minimum atomic E-state index is -1.15. The molecule has 0 heterocycles. The molecular formula is C15H20BrN3O4. The van der Waals surface area contributed by atoms with Crippen LogP contribution in [0.3, 0.4) is 0 Å². The molecule has 0 radical (unpaired) electrons. The molecule has 23 heavy (non-hydrogen) atoms. The number of anilines is 1. The number of urea groups is 1. The SMILES string of the molecule is C[C@@H](OC(=O)c1cc(Br)ccc1N)C(=O)NC(=O)NC(C)(C)C. The number of amides is 3. The smallest absolute Gasteiger partial charge is 0.341 e. The van der Waals surface area contributed by atoms with E-state index in [1.807, 2.05) is 0 Å². The fourth-order valence-corrected chi connectivity index (χ4v) is 1.93. The average molecular weight is 386 g/mol. The molecule has 0 aliphatic rings. The first kappa shape index (κ1) is 19.0. The number of imide groups is 1. The third-order valence-corrected chi connectivity index (χ3v) is 3.11. The lowest BCUT2D eigenvalue weighted by atomic mass is 10.1. The van der Waals surface area contributed by atoms with Crippen molar-refractivity contribution in [2.45, 2.75) is 39.3 Å². The van der Waals surface area contributed by atoms with Gasteiger partial charge in [-0.25, -0.2) is 9.59 Å². The van der Waals surface area contributed by atoms with Crippen molar-refractivity contribution in [1.29, 1.82) is 0 Å². The number of rotatable bonds is 3. The Balaban J connectivity index is 2.66. The first-order chi connectivity index (χ1) is 10.5. The number of ether oxygens (including phenoxy) is 1. The van der Waals surface area contributed by atoms with E-state index in [9.17, 15) is 14.4 Å². The topological polar surface area (TPSA) is 111 Å². The minimum Gasteiger partial charge on any atom is -0.449 e. The van der Waals surface area contributed by atoms with Crippen LogP contribution in [0.1, 0.15) is 38.1 Å². The summed E-state index contributed by atoms with van der Waals surface area (Å²) < 4.78 is 5.69. The number of nitrogen functional groups attached to an aromatic ring is 1. The second-order valence-corrected chi connectivity index (χ2v) is 6.89. The van der Waals surface area contributed by atoms with Gasteiger partial charge in [-0.15, -0.1) is 0 Å². The summed E-state index contributed by atoms with van der Waals surface area (Å²) in [7, 11) is 0. The lowest BCUT2D eigenvalue weighted by Crippen LogP contribution is -2.50. The molecule has 0 aliphatic carbocycles. The van der Waals surface area contributed by atoms with Gasteiger partial charge in [-0.3, -0.25) is 10.1 Å². The summed E-state index contributed by atoms with van der Waals surface area (Å²) in [5, 5.41) is 4.68. The molecule has 1 aromatic rings. The zero-order chi connectivity index (χ0) is 17.8. The summed E-state index contributed by atoms with van der Waals surface area (Å²) in [5.41, 5.74) is 5.58. The Labute approximate surface area is 143 Å². The largest absolute Gasteiger partial charge is 0.449 e. The molecule has 126 valence electrons. The second-order valence-electron chi connectivity index (χ2n) is 5.97. The van der Waals surface area contributed by atoms with Crippen LogP contribution in [0.5, 0.6) is 0 Å². The monoisotopic (exact) mass is 385 g/mol. The lowest BCUT2D eigenvalue weighted by molar-refractivity contribution is -0.127. The van der Waals surface area contributed by atoms with Gasteiger partial charge in [0.25, 0.3) is 5.91 Å². The number of carbonyl (C=O) groups is 3. The van der Waals surface area contributed by atoms with Crippen LogP contribution in [-0.2, 0) is 9.53 Å². The number of halogens is 1. The van der Waals surface area contributed by atoms with E-state index < -0.39 is 29.6 Å². The lowest BCUT2D eigenvalue weighted by Gasteiger charge is -2.21. The molecule has 1 rings (SSSR count). The first-order valence-electron chi connectivity index (χ1n) is 6.88. The summed E-state index contributed by atoms with van der Waals surface area (Å²) >= 11 is 3.22. The molecule has 0 spiro atoms. The molecule has 4 N–H and O–H groups in total. The predicted molar refractivity (Wildman–Crippen MR) is 89.9 cm³/mol. The number of benzene rings is 1. The Morgan fingerprint density at radius 2 is 1.87 bits per heavy atom. The second kappa shape index (κ2) is 7.45. The van der Waals surface area contributed by atoms with Gasteiger partial charge in [0.15, 0.2) is 6.10 Å². The van der Waals surface area contributed by atoms with Crippen molar-refractivity contribution in [3.05, 3.63) is 28.2 Å². The third kappa shape index (κ3) is 6.27. The molecule has 0 aromatic heterocycles. The maximum absolute atomic E-state index is 12.0. The molecule has 7 nitrogen and oxygen atoms in total. The van der Waals surface area contributed by atoms with E-state index in [1.54, 1.807) is 32.9 Å². The minimum absolute atomic E-state index is 0.137. The maximum atomic E-state index is 12.0. The molecule has 0 unspecified atom stereocenters. The number of nitrogens with two attached hydrogens (primary N) is 1.